The smallest absolute Gasteiger partial charge is 0.264 e. The van der Waals surface area contributed by atoms with Crippen molar-refractivity contribution in [3.8, 4) is 11.5 Å². The topological polar surface area (TPSA) is 63.1 Å². The van der Waals surface area contributed by atoms with Crippen LogP contribution in [0.4, 0.5) is 0 Å². The summed E-state index contributed by atoms with van der Waals surface area (Å²) < 4.78 is 2.54. The highest BCUT2D eigenvalue weighted by Gasteiger charge is 2.22. The minimum absolute atomic E-state index is 0.123. The molecule has 21 heavy (non-hydrogen) atoms. The molecule has 108 valence electrons. The number of hydrogen-bond acceptors (Lipinski definition) is 3. The van der Waals surface area contributed by atoms with Gasteiger partial charge < -0.3 is 9.38 Å². The normalized spacial score (nSPS) is 12.0. The number of pyridine rings is 1. The van der Waals surface area contributed by atoms with Crippen LogP contribution in [0.15, 0.2) is 35.4 Å². The van der Waals surface area contributed by atoms with Gasteiger partial charge in [0.1, 0.15) is 14.9 Å². The number of halogens is 1. The zero-order chi connectivity index (χ0) is 15.2. The standard InChI is InChI=1S/C15H15IN4O/c1-15(2,3)12-11(16)14(21)19-13(18-12)9-8-20-7-5-4-6-10(20)17-9/h4-8H,1-3H3,(H,18,19,21). The Morgan fingerprint density at radius 2 is 2.00 bits per heavy atom. The number of aromatic amines is 1. The quantitative estimate of drug-likeness (QED) is 0.646. The molecule has 0 radical (unpaired) electrons. The number of rotatable bonds is 1. The van der Waals surface area contributed by atoms with E-state index in [1.54, 1.807) is 0 Å². The molecule has 0 saturated heterocycles. The van der Waals surface area contributed by atoms with E-state index in [-0.39, 0.29) is 11.0 Å². The molecule has 3 aromatic heterocycles. The van der Waals surface area contributed by atoms with E-state index >= 15 is 0 Å². The van der Waals surface area contributed by atoms with Crippen molar-refractivity contribution in [3.63, 3.8) is 0 Å². The van der Waals surface area contributed by atoms with E-state index in [4.69, 9.17) is 0 Å². The van der Waals surface area contributed by atoms with Gasteiger partial charge >= 0.3 is 0 Å². The van der Waals surface area contributed by atoms with E-state index in [1.165, 1.54) is 0 Å². The van der Waals surface area contributed by atoms with Crippen LogP contribution in [0.5, 0.6) is 0 Å². The van der Waals surface area contributed by atoms with Crippen LogP contribution in [0.25, 0.3) is 17.2 Å². The Bertz CT molecular complexity index is 840. The first kappa shape index (κ1) is 14.2. The van der Waals surface area contributed by atoms with Gasteiger partial charge in [-0.15, -0.1) is 0 Å². The van der Waals surface area contributed by atoms with Crippen molar-refractivity contribution in [2.24, 2.45) is 0 Å². The monoisotopic (exact) mass is 394 g/mol. The molecule has 0 unspecified atom stereocenters. The third kappa shape index (κ3) is 2.59. The summed E-state index contributed by atoms with van der Waals surface area (Å²) in [6.45, 7) is 6.14. The van der Waals surface area contributed by atoms with Crippen LogP contribution in [0.1, 0.15) is 26.5 Å². The Balaban J connectivity index is 2.23. The predicted molar refractivity (Wildman–Crippen MR) is 90.5 cm³/mol. The highest BCUT2D eigenvalue weighted by Crippen LogP contribution is 2.25. The summed E-state index contributed by atoms with van der Waals surface area (Å²) in [5.74, 6) is 0.508. The molecule has 0 aromatic carbocycles. The number of nitrogens with zero attached hydrogens (tertiary/aromatic N) is 3. The Labute approximate surface area is 135 Å². The van der Waals surface area contributed by atoms with Crippen LogP contribution in [0.2, 0.25) is 0 Å². The van der Waals surface area contributed by atoms with Crippen molar-refractivity contribution in [3.05, 3.63) is 50.2 Å². The van der Waals surface area contributed by atoms with Crippen molar-refractivity contribution < 1.29 is 0 Å². The second kappa shape index (κ2) is 4.94. The van der Waals surface area contributed by atoms with Gasteiger partial charge in [0.2, 0.25) is 0 Å². The SMILES string of the molecule is CC(C)(C)c1nc(-c2cn3ccccc3n2)[nH]c(=O)c1I. The molecule has 0 aliphatic rings. The maximum atomic E-state index is 12.2. The summed E-state index contributed by atoms with van der Waals surface area (Å²) in [4.78, 5) is 24.1. The molecule has 0 spiro atoms. The number of H-pyrrole nitrogens is 1. The average Bonchev–Trinajstić information content (AvgIpc) is 2.84. The average molecular weight is 394 g/mol. The molecule has 0 saturated carbocycles. The fourth-order valence-electron chi connectivity index (χ4n) is 2.13. The van der Waals surface area contributed by atoms with Crippen molar-refractivity contribution in [2.45, 2.75) is 26.2 Å². The van der Waals surface area contributed by atoms with Gasteiger partial charge in [-0.05, 0) is 34.7 Å². The third-order valence-electron chi connectivity index (χ3n) is 3.18. The molecule has 0 aliphatic carbocycles. The molecule has 0 aliphatic heterocycles. The molecule has 3 aromatic rings. The summed E-state index contributed by atoms with van der Waals surface area (Å²) in [5, 5.41) is 0. The number of aromatic nitrogens is 4. The number of imidazole rings is 1. The summed E-state index contributed by atoms with van der Waals surface area (Å²) in [5.41, 5.74) is 1.96. The molecule has 0 fully saturated rings. The van der Waals surface area contributed by atoms with E-state index < -0.39 is 0 Å². The minimum atomic E-state index is -0.196. The molecular formula is C15H15IN4O. The van der Waals surface area contributed by atoms with Gasteiger partial charge in [-0.2, -0.15) is 0 Å². The Morgan fingerprint density at radius 1 is 1.24 bits per heavy atom. The summed E-state index contributed by atoms with van der Waals surface area (Å²) in [6.07, 6.45) is 3.79. The largest absolute Gasteiger partial charge is 0.306 e. The third-order valence-corrected chi connectivity index (χ3v) is 4.18. The first-order valence-corrected chi connectivity index (χ1v) is 7.68. The fourth-order valence-corrected chi connectivity index (χ4v) is 3.19. The van der Waals surface area contributed by atoms with Gasteiger partial charge in [-0.25, -0.2) is 9.97 Å². The zero-order valence-electron chi connectivity index (χ0n) is 12.0. The lowest BCUT2D eigenvalue weighted by Crippen LogP contribution is -2.24. The highest BCUT2D eigenvalue weighted by molar-refractivity contribution is 14.1. The molecule has 5 nitrogen and oxygen atoms in total. The molecule has 3 heterocycles. The van der Waals surface area contributed by atoms with Gasteiger partial charge in [0.05, 0.1) is 5.69 Å². The summed E-state index contributed by atoms with van der Waals surface area (Å²) in [6, 6.07) is 5.78. The number of nitrogens with one attached hydrogen (secondary N) is 1. The van der Waals surface area contributed by atoms with Gasteiger partial charge in [0.25, 0.3) is 5.56 Å². The van der Waals surface area contributed by atoms with Crippen molar-refractivity contribution in [1.82, 2.24) is 19.4 Å². The van der Waals surface area contributed by atoms with Crippen LogP contribution in [-0.2, 0) is 5.41 Å². The molecule has 0 bridgehead atoms. The van der Waals surface area contributed by atoms with Gasteiger partial charge in [0.15, 0.2) is 5.82 Å². The first-order valence-electron chi connectivity index (χ1n) is 6.60. The fraction of sp³-hybridized carbons (Fsp3) is 0.267. The molecular weight excluding hydrogens is 379 g/mol. The van der Waals surface area contributed by atoms with Crippen LogP contribution >= 0.6 is 22.6 Å². The van der Waals surface area contributed by atoms with Crippen LogP contribution in [0.3, 0.4) is 0 Å². The minimum Gasteiger partial charge on any atom is -0.306 e. The van der Waals surface area contributed by atoms with Crippen molar-refractivity contribution in [1.29, 1.82) is 0 Å². The highest BCUT2D eigenvalue weighted by atomic mass is 127. The lowest BCUT2D eigenvalue weighted by molar-refractivity contribution is 0.562. The Hall–Kier alpha value is -1.70. The van der Waals surface area contributed by atoms with Gasteiger partial charge in [0, 0.05) is 17.8 Å². The second-order valence-electron chi connectivity index (χ2n) is 5.92. The number of fused-ring (bicyclic) bond motifs is 1. The van der Waals surface area contributed by atoms with Crippen LogP contribution < -0.4 is 5.56 Å². The molecule has 3 rings (SSSR count). The Morgan fingerprint density at radius 3 is 2.67 bits per heavy atom. The lowest BCUT2D eigenvalue weighted by Gasteiger charge is -2.19. The molecule has 0 amide bonds. The van der Waals surface area contributed by atoms with E-state index in [0.29, 0.717) is 15.1 Å². The number of hydrogen-bond donors (Lipinski definition) is 1. The van der Waals surface area contributed by atoms with Gasteiger partial charge in [-0.1, -0.05) is 26.8 Å². The van der Waals surface area contributed by atoms with E-state index in [1.807, 2.05) is 78.4 Å². The van der Waals surface area contributed by atoms with E-state index in [2.05, 4.69) is 15.0 Å². The van der Waals surface area contributed by atoms with Crippen LogP contribution in [-0.4, -0.2) is 19.4 Å². The van der Waals surface area contributed by atoms with E-state index in [9.17, 15) is 4.79 Å². The van der Waals surface area contributed by atoms with Gasteiger partial charge in [-0.3, -0.25) is 4.79 Å². The first-order chi connectivity index (χ1) is 9.86. The maximum absolute atomic E-state index is 12.2. The molecule has 6 heteroatoms. The molecule has 0 atom stereocenters. The predicted octanol–water partition coefficient (Wildman–Crippen LogP) is 2.99. The zero-order valence-corrected chi connectivity index (χ0v) is 14.2. The summed E-state index contributed by atoms with van der Waals surface area (Å²) in [7, 11) is 0. The summed E-state index contributed by atoms with van der Waals surface area (Å²) >= 11 is 2.05. The second-order valence-corrected chi connectivity index (χ2v) is 7.00. The molecule has 1 N–H and O–H groups in total. The van der Waals surface area contributed by atoms with Crippen molar-refractivity contribution >= 4 is 28.2 Å². The van der Waals surface area contributed by atoms with Crippen LogP contribution in [0, 0.1) is 3.57 Å². The van der Waals surface area contributed by atoms with Crippen molar-refractivity contribution in [2.75, 3.05) is 0 Å². The lowest BCUT2D eigenvalue weighted by atomic mass is 9.92. The Kier molecular flexibility index (Phi) is 3.35. The maximum Gasteiger partial charge on any atom is 0.264 e. The van der Waals surface area contributed by atoms with E-state index in [0.717, 1.165) is 11.3 Å².